The molecule has 0 aliphatic heterocycles. The van der Waals surface area contributed by atoms with Gasteiger partial charge in [0.1, 0.15) is 5.78 Å². The number of nitrogens with two attached hydrogens (primary N) is 1. The van der Waals surface area contributed by atoms with Crippen LogP contribution in [0.5, 0.6) is 0 Å². The van der Waals surface area contributed by atoms with Gasteiger partial charge in [0.25, 0.3) is 0 Å². The second kappa shape index (κ2) is 18.4. The first kappa shape index (κ1) is 19.2. The zero-order chi connectivity index (χ0) is 12.0. The zero-order valence-electron chi connectivity index (χ0n) is 10.9. The summed E-state index contributed by atoms with van der Waals surface area (Å²) >= 11 is 0. The van der Waals surface area contributed by atoms with Crippen molar-refractivity contribution in [2.75, 3.05) is 0 Å². The molecular weight excluding hydrogens is 174 g/mol. The molecule has 0 amide bonds. The normalized spacial score (nSPS) is 8.29. The first-order valence-electron chi connectivity index (χ1n) is 5.61. The molecule has 0 aromatic rings. The first-order valence-corrected chi connectivity index (χ1v) is 5.61. The first-order chi connectivity index (χ1) is 6.38. The topological polar surface area (TPSA) is 43.1 Å². The van der Waals surface area contributed by atoms with Crippen LogP contribution in [-0.4, -0.2) is 11.8 Å². The van der Waals surface area contributed by atoms with Crippen LogP contribution >= 0.6 is 0 Å². The number of hydrogen-bond donors (Lipinski definition) is 1. The van der Waals surface area contributed by atoms with Gasteiger partial charge in [0.05, 0.1) is 0 Å². The number of hydrogen-bond acceptors (Lipinski definition) is 2. The molecule has 0 aromatic heterocycles. The van der Waals surface area contributed by atoms with Crippen LogP contribution in [0.2, 0.25) is 0 Å². The van der Waals surface area contributed by atoms with Crippen LogP contribution in [0, 0.1) is 0 Å². The molecule has 0 aromatic carbocycles. The fourth-order valence-electron chi connectivity index (χ4n) is 0.500. The molecule has 2 nitrogen and oxygen atoms in total. The molecule has 0 aliphatic rings. The number of rotatable bonds is 3. The van der Waals surface area contributed by atoms with Crippen molar-refractivity contribution in [3.8, 4) is 0 Å². The van der Waals surface area contributed by atoms with Gasteiger partial charge in [-0.3, -0.25) is 0 Å². The van der Waals surface area contributed by atoms with Crippen molar-refractivity contribution in [2.24, 2.45) is 5.73 Å². The Bertz CT molecular complexity index is 89.7. The molecule has 0 heterocycles. The molecular formula is C12H29NO. The number of unbranched alkanes of at least 4 members (excludes halogenated alkanes) is 3. The Hall–Kier alpha value is -0.370. The maximum Gasteiger partial charge on any atom is 0.126 e. The molecule has 14 heavy (non-hydrogen) atoms. The van der Waals surface area contributed by atoms with E-state index in [2.05, 4.69) is 13.8 Å². The molecule has 0 aliphatic carbocycles. The van der Waals surface area contributed by atoms with E-state index in [0.717, 1.165) is 0 Å². The Morgan fingerprint density at radius 2 is 1.21 bits per heavy atom. The molecule has 2 N–H and O–H groups in total. The summed E-state index contributed by atoms with van der Waals surface area (Å²) in [6.07, 6.45) is 5.54. The highest BCUT2D eigenvalue weighted by molar-refractivity contribution is 5.72. The molecule has 0 saturated heterocycles. The van der Waals surface area contributed by atoms with Gasteiger partial charge in [-0.05, 0) is 19.9 Å². The van der Waals surface area contributed by atoms with Crippen LogP contribution in [0.25, 0.3) is 0 Å². The fraction of sp³-hybridized carbons (Fsp3) is 0.917. The molecule has 0 atom stereocenters. The number of carbonyl (C=O) groups excluding carboxylic acids is 1. The lowest BCUT2D eigenvalue weighted by Gasteiger charge is -1.86. The van der Waals surface area contributed by atoms with E-state index in [9.17, 15) is 4.79 Å². The Morgan fingerprint density at radius 1 is 1.07 bits per heavy atom. The summed E-state index contributed by atoms with van der Waals surface area (Å²) in [5.74, 6) is 0.167. The molecule has 0 bridgehead atoms. The molecule has 0 saturated carbocycles. The Balaban J connectivity index is -0.000000135. The molecule has 0 fully saturated rings. The van der Waals surface area contributed by atoms with E-state index >= 15 is 0 Å². The van der Waals surface area contributed by atoms with Crippen LogP contribution in [0.4, 0.5) is 0 Å². The lowest BCUT2D eigenvalue weighted by Crippen LogP contribution is -2.06. The van der Waals surface area contributed by atoms with Crippen molar-refractivity contribution in [2.45, 2.75) is 73.3 Å². The van der Waals surface area contributed by atoms with Gasteiger partial charge in [0, 0.05) is 0 Å². The lowest BCUT2D eigenvalue weighted by atomic mass is 10.2. The van der Waals surface area contributed by atoms with Gasteiger partial charge in [0.15, 0.2) is 0 Å². The van der Waals surface area contributed by atoms with Gasteiger partial charge < -0.3 is 10.5 Å². The van der Waals surface area contributed by atoms with Crippen LogP contribution in [0.1, 0.15) is 67.2 Å². The van der Waals surface area contributed by atoms with Crippen LogP contribution in [0.3, 0.4) is 0 Å². The third-order valence-electron chi connectivity index (χ3n) is 0.957. The minimum Gasteiger partial charge on any atom is -0.328 e. The number of ketones is 1. The van der Waals surface area contributed by atoms with Crippen molar-refractivity contribution in [1.29, 1.82) is 0 Å². The van der Waals surface area contributed by atoms with Gasteiger partial charge in [-0.2, -0.15) is 0 Å². The smallest absolute Gasteiger partial charge is 0.126 e. The van der Waals surface area contributed by atoms with Gasteiger partial charge >= 0.3 is 0 Å². The fourth-order valence-corrected chi connectivity index (χ4v) is 0.500. The third-order valence-corrected chi connectivity index (χ3v) is 0.957. The van der Waals surface area contributed by atoms with Crippen LogP contribution in [0.15, 0.2) is 0 Å². The summed E-state index contributed by atoms with van der Waals surface area (Å²) in [6.45, 7) is 11.4. The Morgan fingerprint density at radius 3 is 1.29 bits per heavy atom. The minimum atomic E-state index is 0.167. The van der Waals surface area contributed by atoms with E-state index in [4.69, 9.17) is 5.73 Å². The molecule has 0 rings (SSSR count). The third kappa shape index (κ3) is 190. The highest BCUT2D eigenvalue weighted by Gasteiger charge is 1.75. The monoisotopic (exact) mass is 203 g/mol. The second-order valence-corrected chi connectivity index (χ2v) is 3.86. The number of carbonyl (C=O) groups is 1. The van der Waals surface area contributed by atoms with Crippen molar-refractivity contribution < 1.29 is 4.79 Å². The zero-order valence-corrected chi connectivity index (χ0v) is 10.9. The molecule has 0 radical (unpaired) electrons. The molecule has 2 heteroatoms. The predicted molar refractivity (Wildman–Crippen MR) is 65.5 cm³/mol. The summed E-state index contributed by atoms with van der Waals surface area (Å²) < 4.78 is 0. The van der Waals surface area contributed by atoms with Gasteiger partial charge in [-0.15, -0.1) is 0 Å². The van der Waals surface area contributed by atoms with Gasteiger partial charge in [-0.1, -0.05) is 53.4 Å². The summed E-state index contributed by atoms with van der Waals surface area (Å²) in [6, 6.07) is 0.333. The molecule has 0 spiro atoms. The average Bonchev–Trinajstić information content (AvgIpc) is 1.98. The van der Waals surface area contributed by atoms with E-state index in [0.29, 0.717) is 6.04 Å². The van der Waals surface area contributed by atoms with E-state index in [-0.39, 0.29) is 5.78 Å². The van der Waals surface area contributed by atoms with Crippen molar-refractivity contribution in [3.05, 3.63) is 0 Å². The van der Waals surface area contributed by atoms with E-state index < -0.39 is 0 Å². The van der Waals surface area contributed by atoms with Crippen LogP contribution < -0.4 is 5.73 Å². The van der Waals surface area contributed by atoms with Crippen LogP contribution in [-0.2, 0) is 4.79 Å². The Kier molecular flexibility index (Phi) is 25.3. The minimum absolute atomic E-state index is 0.167. The summed E-state index contributed by atoms with van der Waals surface area (Å²) in [4.78, 5) is 9.44. The quantitative estimate of drug-likeness (QED) is 0.713. The highest BCUT2D eigenvalue weighted by Crippen LogP contribution is 1.95. The average molecular weight is 203 g/mol. The molecule has 88 valence electrons. The largest absolute Gasteiger partial charge is 0.328 e. The second-order valence-electron chi connectivity index (χ2n) is 3.86. The summed E-state index contributed by atoms with van der Waals surface area (Å²) in [5, 5.41) is 0. The highest BCUT2D eigenvalue weighted by atomic mass is 16.1. The maximum absolute atomic E-state index is 9.44. The van der Waals surface area contributed by atoms with E-state index in [1.54, 1.807) is 0 Å². The standard InChI is InChI=1S/C6H14.C3H9N.C3H6O/c1-3-5-6-4-2;2*1-3(2)4/h3-6H2,1-2H3;3H,4H2,1-2H3;1-2H3. The van der Waals surface area contributed by atoms with E-state index in [1.165, 1.54) is 39.5 Å². The Labute approximate surface area is 90.3 Å². The van der Waals surface area contributed by atoms with Crippen molar-refractivity contribution in [1.82, 2.24) is 0 Å². The maximum atomic E-state index is 9.44. The lowest BCUT2D eigenvalue weighted by molar-refractivity contribution is -0.114. The predicted octanol–water partition coefficient (Wildman–Crippen LogP) is 3.54. The molecule has 0 unspecified atom stereocenters. The SMILES string of the molecule is CC(C)=O.CC(C)N.CCCCCC. The van der Waals surface area contributed by atoms with Gasteiger partial charge in [0.2, 0.25) is 0 Å². The van der Waals surface area contributed by atoms with Gasteiger partial charge in [-0.25, -0.2) is 0 Å². The van der Waals surface area contributed by atoms with Crippen molar-refractivity contribution >= 4 is 5.78 Å². The van der Waals surface area contributed by atoms with E-state index in [1.807, 2.05) is 13.8 Å². The van der Waals surface area contributed by atoms with Crippen molar-refractivity contribution in [3.63, 3.8) is 0 Å². The number of Topliss-reactive ketones (excluding diaryl/α,β-unsaturated/α-hetero) is 1. The summed E-state index contributed by atoms with van der Waals surface area (Å²) in [5.41, 5.74) is 5.11. The summed E-state index contributed by atoms with van der Waals surface area (Å²) in [7, 11) is 0.